The van der Waals surface area contributed by atoms with Gasteiger partial charge in [-0.3, -0.25) is 9.59 Å². The van der Waals surface area contributed by atoms with Crippen LogP contribution in [0.3, 0.4) is 0 Å². The van der Waals surface area contributed by atoms with Crippen LogP contribution in [-0.2, 0) is 33.7 Å². The van der Waals surface area contributed by atoms with Gasteiger partial charge in [0.15, 0.2) is 5.78 Å². The second-order valence-electron chi connectivity index (χ2n) is 10.8. The minimum Gasteiger partial charge on any atom is -0.492 e. The number of para-hydroxylation sites is 1. The zero-order valence-electron chi connectivity index (χ0n) is 25.6. The molecule has 1 heterocycles. The molecule has 0 fully saturated rings. The highest BCUT2D eigenvalue weighted by atomic mass is 32.1. The molecule has 0 bridgehead atoms. The van der Waals surface area contributed by atoms with E-state index in [0.29, 0.717) is 55.1 Å². The second-order valence-corrected chi connectivity index (χ2v) is 11.5. The van der Waals surface area contributed by atoms with Crippen LogP contribution in [0, 0.1) is 0 Å². The highest BCUT2D eigenvalue weighted by Crippen LogP contribution is 2.22. The summed E-state index contributed by atoms with van der Waals surface area (Å²) in [6.07, 6.45) is 0.689. The highest BCUT2D eigenvalue weighted by molar-refractivity contribution is 7.08. The number of anilines is 1. The molecule has 0 saturated carbocycles. The van der Waals surface area contributed by atoms with Crippen molar-refractivity contribution in [3.05, 3.63) is 154 Å². The van der Waals surface area contributed by atoms with Crippen LogP contribution in [0.2, 0.25) is 0 Å². The van der Waals surface area contributed by atoms with Crippen LogP contribution in [0.4, 0.5) is 5.69 Å². The number of amides is 1. The Kier molecular flexibility index (Phi) is 11.3. The summed E-state index contributed by atoms with van der Waals surface area (Å²) in [6.45, 7) is 1.28. The van der Waals surface area contributed by atoms with E-state index in [2.05, 4.69) is 5.32 Å². The molecule has 5 aromatic rings. The Labute approximate surface area is 273 Å². The van der Waals surface area contributed by atoms with Gasteiger partial charge in [0.25, 0.3) is 0 Å². The normalized spacial score (nSPS) is 11.3. The molecule has 8 heteroatoms. The quantitative estimate of drug-likeness (QED) is 0.101. The number of ketones is 1. The van der Waals surface area contributed by atoms with Crippen LogP contribution in [0.1, 0.15) is 32.6 Å². The largest absolute Gasteiger partial charge is 0.492 e. The molecule has 0 aliphatic carbocycles. The summed E-state index contributed by atoms with van der Waals surface area (Å²) in [5, 5.41) is 7.22. The van der Waals surface area contributed by atoms with Gasteiger partial charge in [0.1, 0.15) is 18.4 Å². The Morgan fingerprint density at radius 3 is 2.17 bits per heavy atom. The van der Waals surface area contributed by atoms with Crippen LogP contribution in [0.25, 0.3) is 0 Å². The van der Waals surface area contributed by atoms with E-state index in [1.54, 1.807) is 41.7 Å². The van der Waals surface area contributed by atoms with Crippen LogP contribution < -0.4 is 10.1 Å². The first-order chi connectivity index (χ1) is 22.5. The summed E-state index contributed by atoms with van der Waals surface area (Å²) in [4.78, 5) is 41.0. The lowest BCUT2D eigenvalue weighted by Gasteiger charge is -2.23. The highest BCUT2D eigenvalue weighted by Gasteiger charge is 2.23. The molecule has 1 amide bonds. The lowest BCUT2D eigenvalue weighted by atomic mass is 10.00. The Bertz CT molecular complexity index is 1710. The number of rotatable bonds is 15. The summed E-state index contributed by atoms with van der Waals surface area (Å²) in [6, 6.07) is 34.9. The van der Waals surface area contributed by atoms with Gasteiger partial charge in [-0.15, -0.1) is 0 Å². The number of carbonyl (C=O) groups is 3. The molecular formula is C38H36N2O5S. The number of hydrogen-bond acceptors (Lipinski definition) is 7. The van der Waals surface area contributed by atoms with Gasteiger partial charge in [-0.05, 0) is 57.8 Å². The van der Waals surface area contributed by atoms with Crippen molar-refractivity contribution in [1.29, 1.82) is 0 Å². The van der Waals surface area contributed by atoms with Crippen molar-refractivity contribution in [3.8, 4) is 5.75 Å². The molecule has 0 radical (unpaired) electrons. The molecule has 0 aliphatic rings. The average molecular weight is 633 g/mol. The fourth-order valence-corrected chi connectivity index (χ4v) is 5.75. The molecule has 1 N–H and O–H groups in total. The van der Waals surface area contributed by atoms with E-state index in [4.69, 9.17) is 9.47 Å². The average Bonchev–Trinajstić information content (AvgIpc) is 3.61. The molecule has 0 spiro atoms. The van der Waals surface area contributed by atoms with Gasteiger partial charge in [0.2, 0.25) is 5.91 Å². The van der Waals surface area contributed by atoms with Crippen molar-refractivity contribution in [2.24, 2.45) is 0 Å². The lowest BCUT2D eigenvalue weighted by molar-refractivity contribution is -0.141. The minimum absolute atomic E-state index is 0.0506. The van der Waals surface area contributed by atoms with Gasteiger partial charge >= 0.3 is 5.97 Å². The third-order valence-corrected chi connectivity index (χ3v) is 8.25. The SMILES string of the molecule is COC(=O)C(Cc1ccc(OCCN(Cc2ccccc2)C(=O)Cc2ccsc2)cc1)Nc1ccccc1C(=O)c1ccccc1. The number of thiophene rings is 1. The number of nitrogens with zero attached hydrogens (tertiary/aromatic N) is 1. The molecule has 1 unspecified atom stereocenters. The van der Waals surface area contributed by atoms with Crippen LogP contribution >= 0.6 is 11.3 Å². The number of hydrogen-bond donors (Lipinski definition) is 1. The maximum atomic E-state index is 13.2. The molecule has 0 aliphatic heterocycles. The smallest absolute Gasteiger partial charge is 0.328 e. The third kappa shape index (κ3) is 8.92. The fraction of sp³-hybridized carbons (Fsp3) is 0.184. The van der Waals surface area contributed by atoms with Gasteiger partial charge in [-0.2, -0.15) is 11.3 Å². The summed E-state index contributed by atoms with van der Waals surface area (Å²) >= 11 is 1.58. The summed E-state index contributed by atoms with van der Waals surface area (Å²) < 4.78 is 11.1. The summed E-state index contributed by atoms with van der Waals surface area (Å²) in [5.41, 5.74) is 4.56. The predicted octanol–water partition coefficient (Wildman–Crippen LogP) is 6.83. The van der Waals surface area contributed by atoms with E-state index in [0.717, 1.165) is 16.7 Å². The molecule has 5 rings (SSSR count). The van der Waals surface area contributed by atoms with E-state index in [9.17, 15) is 14.4 Å². The van der Waals surface area contributed by atoms with Crippen LogP contribution in [-0.4, -0.2) is 48.9 Å². The lowest BCUT2D eigenvalue weighted by Crippen LogP contribution is -2.35. The van der Waals surface area contributed by atoms with Gasteiger partial charge in [-0.1, -0.05) is 84.9 Å². The zero-order valence-corrected chi connectivity index (χ0v) is 26.5. The van der Waals surface area contributed by atoms with Crippen LogP contribution in [0.5, 0.6) is 5.75 Å². The maximum absolute atomic E-state index is 13.2. The Morgan fingerprint density at radius 1 is 0.783 bits per heavy atom. The predicted molar refractivity (Wildman–Crippen MR) is 181 cm³/mol. The van der Waals surface area contributed by atoms with Crippen molar-refractivity contribution in [2.75, 3.05) is 25.6 Å². The molecule has 1 aromatic heterocycles. The van der Waals surface area contributed by atoms with Gasteiger partial charge in [0.05, 0.1) is 20.1 Å². The topological polar surface area (TPSA) is 84.9 Å². The van der Waals surface area contributed by atoms with E-state index < -0.39 is 12.0 Å². The fourth-order valence-electron chi connectivity index (χ4n) is 5.08. The second kappa shape index (κ2) is 16.2. The molecule has 46 heavy (non-hydrogen) atoms. The van der Waals surface area contributed by atoms with Crippen molar-refractivity contribution >= 4 is 34.7 Å². The Balaban J connectivity index is 1.21. The van der Waals surface area contributed by atoms with E-state index in [-0.39, 0.29) is 11.7 Å². The van der Waals surface area contributed by atoms with Gasteiger partial charge in [-0.25, -0.2) is 4.79 Å². The number of benzene rings is 4. The van der Waals surface area contributed by atoms with E-state index >= 15 is 0 Å². The van der Waals surface area contributed by atoms with Crippen molar-refractivity contribution in [3.63, 3.8) is 0 Å². The Morgan fingerprint density at radius 2 is 1.48 bits per heavy atom. The third-order valence-electron chi connectivity index (χ3n) is 7.52. The van der Waals surface area contributed by atoms with Crippen molar-refractivity contribution < 1.29 is 23.9 Å². The standard InChI is InChI=1S/C38H36N2O5S/c1-44-38(43)35(39-34-15-9-8-14-33(34)37(42)31-12-6-3-7-13-31)24-28-16-18-32(19-17-28)45-22-21-40(26-29-10-4-2-5-11-29)36(41)25-30-20-23-46-27-30/h2-20,23,27,35,39H,21-22,24-26H2,1H3. The van der Waals surface area contributed by atoms with Crippen LogP contribution in [0.15, 0.2) is 126 Å². The first kappa shape index (κ1) is 32.2. The minimum atomic E-state index is -0.720. The van der Waals surface area contributed by atoms with Gasteiger partial charge < -0.3 is 19.7 Å². The first-order valence-electron chi connectivity index (χ1n) is 15.1. The molecule has 234 valence electrons. The van der Waals surface area contributed by atoms with E-state index in [1.165, 1.54) is 7.11 Å². The molecule has 0 saturated heterocycles. The van der Waals surface area contributed by atoms with Crippen molar-refractivity contribution in [2.45, 2.75) is 25.4 Å². The van der Waals surface area contributed by atoms with Gasteiger partial charge in [0, 0.05) is 29.8 Å². The number of methoxy groups -OCH3 is 1. The number of ether oxygens (including phenoxy) is 2. The number of esters is 1. The number of carbonyl (C=O) groups excluding carboxylic acids is 3. The summed E-state index contributed by atoms with van der Waals surface area (Å²) in [7, 11) is 1.35. The first-order valence-corrected chi connectivity index (χ1v) is 16.0. The Hall–Kier alpha value is -5.21. The maximum Gasteiger partial charge on any atom is 0.328 e. The van der Waals surface area contributed by atoms with Crippen molar-refractivity contribution in [1.82, 2.24) is 4.90 Å². The summed E-state index contributed by atoms with van der Waals surface area (Å²) in [5.74, 6) is 0.141. The van der Waals surface area contributed by atoms with E-state index in [1.807, 2.05) is 101 Å². The molecule has 1 atom stereocenters. The monoisotopic (exact) mass is 632 g/mol. The number of nitrogens with one attached hydrogen (secondary N) is 1. The molecular weight excluding hydrogens is 596 g/mol. The molecule has 7 nitrogen and oxygen atoms in total. The zero-order chi connectivity index (χ0) is 32.1. The molecule has 4 aromatic carbocycles.